The fraction of sp³-hybridized carbons (Fsp3) is 0.286. The normalized spacial score (nSPS) is 14.2. The molecule has 0 bridgehead atoms. The number of rotatable bonds is 6. The van der Waals surface area contributed by atoms with Gasteiger partial charge in [0.15, 0.2) is 4.34 Å². The summed E-state index contributed by atoms with van der Waals surface area (Å²) in [6.07, 6.45) is 3.69. The highest BCUT2D eigenvalue weighted by Crippen LogP contribution is 2.29. The van der Waals surface area contributed by atoms with Crippen molar-refractivity contribution in [2.24, 2.45) is 5.10 Å². The number of hydrogen-bond donors (Lipinski definition) is 1. The van der Waals surface area contributed by atoms with Crippen LogP contribution in [0.1, 0.15) is 24.0 Å². The first-order chi connectivity index (χ1) is 14.1. The number of aromatic nitrogens is 1. The molecule has 1 N–H and O–H groups in total. The Bertz CT molecular complexity index is 1030. The number of nitrogens with zero attached hydrogens (tertiary/aromatic N) is 3. The summed E-state index contributed by atoms with van der Waals surface area (Å²) in [4.78, 5) is 18.6. The first kappa shape index (κ1) is 19.8. The molecule has 0 unspecified atom stereocenters. The van der Waals surface area contributed by atoms with Gasteiger partial charge in [0, 0.05) is 18.7 Å². The molecule has 0 atom stereocenters. The number of hydrazone groups is 1. The first-order valence-electron chi connectivity index (χ1n) is 9.45. The average molecular weight is 429 g/mol. The van der Waals surface area contributed by atoms with Crippen LogP contribution in [-0.4, -0.2) is 35.9 Å². The van der Waals surface area contributed by atoms with Crippen molar-refractivity contribution in [1.82, 2.24) is 10.4 Å². The van der Waals surface area contributed by atoms with Crippen LogP contribution in [0, 0.1) is 12.7 Å². The molecule has 1 saturated heterocycles. The molecular formula is C21H21FN4OS2. The van der Waals surface area contributed by atoms with Crippen LogP contribution in [0.15, 0.2) is 45.8 Å². The minimum atomic E-state index is -0.253. The lowest BCUT2D eigenvalue weighted by atomic mass is 10.1. The van der Waals surface area contributed by atoms with Crippen LogP contribution in [0.5, 0.6) is 0 Å². The Morgan fingerprint density at radius 2 is 2.14 bits per heavy atom. The smallest absolute Gasteiger partial charge is 0.250 e. The van der Waals surface area contributed by atoms with E-state index in [4.69, 9.17) is 0 Å². The summed E-state index contributed by atoms with van der Waals surface area (Å²) < 4.78 is 16.4. The molecule has 0 radical (unpaired) electrons. The van der Waals surface area contributed by atoms with E-state index in [0.717, 1.165) is 46.1 Å². The van der Waals surface area contributed by atoms with Gasteiger partial charge in [-0.25, -0.2) is 14.8 Å². The molecule has 1 aromatic heterocycles. The lowest BCUT2D eigenvalue weighted by Gasteiger charge is -2.19. The summed E-state index contributed by atoms with van der Waals surface area (Å²) in [7, 11) is 0. The largest absolute Gasteiger partial charge is 0.369 e. The lowest BCUT2D eigenvalue weighted by Crippen LogP contribution is -2.20. The quantitative estimate of drug-likeness (QED) is 0.355. The Morgan fingerprint density at radius 3 is 2.93 bits per heavy atom. The lowest BCUT2D eigenvalue weighted by molar-refractivity contribution is -0.118. The van der Waals surface area contributed by atoms with Gasteiger partial charge >= 0.3 is 0 Å². The zero-order chi connectivity index (χ0) is 20.2. The molecule has 8 heteroatoms. The number of thioether (sulfide) groups is 1. The SMILES string of the molecule is Cc1cc(N2CCCC2)c(F)cc1/C=N/NC(=O)CSc1nc2ccccc2s1. The summed E-state index contributed by atoms with van der Waals surface area (Å²) in [5.41, 5.74) is 5.67. The molecule has 0 saturated carbocycles. The fourth-order valence-corrected chi connectivity index (χ4v) is 5.13. The number of carbonyl (C=O) groups is 1. The maximum absolute atomic E-state index is 14.5. The molecule has 2 aromatic carbocycles. The van der Waals surface area contributed by atoms with E-state index in [1.165, 1.54) is 24.0 Å². The van der Waals surface area contributed by atoms with E-state index in [-0.39, 0.29) is 17.5 Å². The zero-order valence-corrected chi connectivity index (χ0v) is 17.7. The number of amides is 1. The van der Waals surface area contributed by atoms with Crippen molar-refractivity contribution in [3.05, 3.63) is 53.3 Å². The third-order valence-electron chi connectivity index (χ3n) is 4.78. The highest BCUT2D eigenvalue weighted by molar-refractivity contribution is 8.01. The van der Waals surface area contributed by atoms with E-state index in [1.54, 1.807) is 11.3 Å². The molecule has 2 heterocycles. The summed E-state index contributed by atoms with van der Waals surface area (Å²) in [5.74, 6) is -0.257. The predicted octanol–water partition coefficient (Wildman–Crippen LogP) is 4.59. The molecule has 0 spiro atoms. The maximum Gasteiger partial charge on any atom is 0.250 e. The van der Waals surface area contributed by atoms with Crippen molar-refractivity contribution in [2.45, 2.75) is 24.1 Å². The van der Waals surface area contributed by atoms with Crippen molar-refractivity contribution in [3.8, 4) is 0 Å². The third kappa shape index (κ3) is 4.76. The van der Waals surface area contributed by atoms with E-state index in [1.807, 2.05) is 37.3 Å². The summed E-state index contributed by atoms with van der Waals surface area (Å²) in [6.45, 7) is 3.71. The predicted molar refractivity (Wildman–Crippen MR) is 119 cm³/mol. The van der Waals surface area contributed by atoms with Crippen LogP contribution in [0.3, 0.4) is 0 Å². The van der Waals surface area contributed by atoms with Gasteiger partial charge in [0.1, 0.15) is 5.82 Å². The van der Waals surface area contributed by atoms with Gasteiger partial charge in [-0.3, -0.25) is 4.79 Å². The van der Waals surface area contributed by atoms with Gasteiger partial charge in [0.25, 0.3) is 5.91 Å². The van der Waals surface area contributed by atoms with E-state index in [0.29, 0.717) is 11.3 Å². The van der Waals surface area contributed by atoms with Crippen LogP contribution in [0.25, 0.3) is 10.2 Å². The standard InChI is InChI=1S/C21H21FN4OS2/c1-14-10-18(26-8-4-5-9-26)16(22)11-15(14)12-23-25-20(27)13-28-21-24-17-6-2-3-7-19(17)29-21/h2-3,6-7,10-12H,4-5,8-9,13H2,1H3,(H,25,27)/b23-12+. The van der Waals surface area contributed by atoms with Crippen molar-refractivity contribution in [2.75, 3.05) is 23.7 Å². The topological polar surface area (TPSA) is 57.6 Å². The minimum absolute atomic E-state index is 0.221. The average Bonchev–Trinajstić information content (AvgIpc) is 3.38. The van der Waals surface area contributed by atoms with Gasteiger partial charge in [0.2, 0.25) is 0 Å². The van der Waals surface area contributed by atoms with Gasteiger partial charge in [-0.2, -0.15) is 5.10 Å². The van der Waals surface area contributed by atoms with Crippen molar-refractivity contribution in [1.29, 1.82) is 0 Å². The van der Waals surface area contributed by atoms with Gasteiger partial charge in [-0.05, 0) is 49.6 Å². The number of para-hydroxylation sites is 1. The second-order valence-electron chi connectivity index (χ2n) is 6.88. The molecule has 1 amide bonds. The van der Waals surface area contributed by atoms with Gasteiger partial charge in [0.05, 0.1) is 27.9 Å². The number of anilines is 1. The highest BCUT2D eigenvalue weighted by atomic mass is 32.2. The molecule has 4 rings (SSSR count). The molecule has 0 aliphatic carbocycles. The van der Waals surface area contributed by atoms with Crippen LogP contribution in [-0.2, 0) is 4.79 Å². The van der Waals surface area contributed by atoms with E-state index in [9.17, 15) is 9.18 Å². The second kappa shape index (κ2) is 8.92. The van der Waals surface area contributed by atoms with Crippen LogP contribution in [0.2, 0.25) is 0 Å². The summed E-state index contributed by atoms with van der Waals surface area (Å²) >= 11 is 2.94. The number of thiazole rings is 1. The molecule has 1 fully saturated rings. The third-order valence-corrected chi connectivity index (χ3v) is 6.96. The number of aryl methyl sites for hydroxylation is 1. The highest BCUT2D eigenvalue weighted by Gasteiger charge is 2.17. The van der Waals surface area contributed by atoms with E-state index < -0.39 is 0 Å². The Hall–Kier alpha value is -2.45. The fourth-order valence-electron chi connectivity index (χ4n) is 3.27. The van der Waals surface area contributed by atoms with Crippen molar-refractivity contribution >= 4 is 51.1 Å². The molecule has 1 aliphatic heterocycles. The monoisotopic (exact) mass is 428 g/mol. The van der Waals surface area contributed by atoms with E-state index in [2.05, 4.69) is 20.4 Å². The molecular weight excluding hydrogens is 407 g/mol. The second-order valence-corrected chi connectivity index (χ2v) is 9.14. The van der Waals surface area contributed by atoms with Crippen LogP contribution < -0.4 is 10.3 Å². The number of halogens is 1. The number of carbonyl (C=O) groups excluding carboxylic acids is 1. The number of nitrogens with one attached hydrogen (secondary N) is 1. The molecule has 5 nitrogen and oxygen atoms in total. The number of fused-ring (bicyclic) bond motifs is 1. The van der Waals surface area contributed by atoms with Gasteiger partial charge in [-0.1, -0.05) is 23.9 Å². The number of hydrogen-bond acceptors (Lipinski definition) is 6. The van der Waals surface area contributed by atoms with Gasteiger partial charge < -0.3 is 4.90 Å². The number of benzene rings is 2. The maximum atomic E-state index is 14.5. The van der Waals surface area contributed by atoms with Crippen LogP contribution >= 0.6 is 23.1 Å². The van der Waals surface area contributed by atoms with Gasteiger partial charge in [-0.15, -0.1) is 11.3 Å². The Kier molecular flexibility index (Phi) is 6.10. The molecule has 1 aliphatic rings. The minimum Gasteiger partial charge on any atom is -0.369 e. The summed E-state index contributed by atoms with van der Waals surface area (Å²) in [5, 5.41) is 3.99. The van der Waals surface area contributed by atoms with E-state index >= 15 is 0 Å². The molecule has 3 aromatic rings. The molecule has 29 heavy (non-hydrogen) atoms. The van der Waals surface area contributed by atoms with Crippen molar-refractivity contribution in [3.63, 3.8) is 0 Å². The molecule has 150 valence electrons. The Morgan fingerprint density at radius 1 is 1.34 bits per heavy atom. The Balaban J connectivity index is 1.33. The Labute approximate surface area is 177 Å². The van der Waals surface area contributed by atoms with Crippen molar-refractivity contribution < 1.29 is 9.18 Å². The summed E-state index contributed by atoms with van der Waals surface area (Å²) in [6, 6.07) is 11.2. The first-order valence-corrected chi connectivity index (χ1v) is 11.3. The van der Waals surface area contributed by atoms with Crippen LogP contribution in [0.4, 0.5) is 10.1 Å². The zero-order valence-electron chi connectivity index (χ0n) is 16.0.